The maximum Gasteiger partial charge on any atom is 0.173 e. The van der Waals surface area contributed by atoms with E-state index in [1.54, 1.807) is 6.92 Å². The number of rotatable bonds is 5. The number of carbonyl (C=O) groups excluding carboxylic acids is 1. The Kier molecular flexibility index (Phi) is 5.19. The zero-order valence-electron chi connectivity index (χ0n) is 12.4. The number of phenolic OH excluding ortho intramolecular Hbond substituents is 3. The SMILES string of the molecule is CC[C@@H](C)C(=O)c1c(O)cc(O)c(CC=C(C)C)c1O. The van der Waals surface area contributed by atoms with E-state index in [0.29, 0.717) is 12.8 Å². The van der Waals surface area contributed by atoms with Crippen molar-refractivity contribution in [2.75, 3.05) is 0 Å². The summed E-state index contributed by atoms with van der Waals surface area (Å²) >= 11 is 0. The number of Topliss-reactive ketones (excluding diaryl/α,β-unsaturated/α-hetero) is 1. The molecule has 1 aromatic rings. The summed E-state index contributed by atoms with van der Waals surface area (Å²) in [5.74, 6) is -1.54. The number of carbonyl (C=O) groups is 1. The van der Waals surface area contributed by atoms with E-state index in [1.165, 1.54) is 0 Å². The van der Waals surface area contributed by atoms with Gasteiger partial charge in [0.05, 0.1) is 0 Å². The summed E-state index contributed by atoms with van der Waals surface area (Å²) in [4.78, 5) is 12.2. The number of hydrogen-bond acceptors (Lipinski definition) is 4. The molecule has 0 fully saturated rings. The van der Waals surface area contributed by atoms with Gasteiger partial charge in [-0.05, 0) is 26.7 Å². The smallest absolute Gasteiger partial charge is 0.173 e. The van der Waals surface area contributed by atoms with Crippen molar-refractivity contribution in [3.8, 4) is 17.2 Å². The molecule has 1 aromatic carbocycles. The molecule has 0 heterocycles. The predicted molar refractivity (Wildman–Crippen MR) is 78.4 cm³/mol. The van der Waals surface area contributed by atoms with Gasteiger partial charge in [0.2, 0.25) is 0 Å². The first-order valence-electron chi connectivity index (χ1n) is 6.73. The third-order valence-corrected chi connectivity index (χ3v) is 3.38. The molecule has 0 unspecified atom stereocenters. The predicted octanol–water partition coefficient (Wildman–Crippen LogP) is 3.54. The summed E-state index contributed by atoms with van der Waals surface area (Å²) in [6.07, 6.45) is 2.76. The fourth-order valence-corrected chi connectivity index (χ4v) is 1.86. The van der Waals surface area contributed by atoms with Gasteiger partial charge >= 0.3 is 0 Å². The van der Waals surface area contributed by atoms with Gasteiger partial charge in [-0.25, -0.2) is 0 Å². The number of ketones is 1. The van der Waals surface area contributed by atoms with Gasteiger partial charge in [-0.3, -0.25) is 4.79 Å². The van der Waals surface area contributed by atoms with Crippen LogP contribution in [0.4, 0.5) is 0 Å². The summed E-state index contributed by atoms with van der Waals surface area (Å²) in [5.41, 5.74) is 1.19. The normalized spacial score (nSPS) is 12.0. The Labute approximate surface area is 119 Å². The Morgan fingerprint density at radius 2 is 1.85 bits per heavy atom. The molecule has 20 heavy (non-hydrogen) atoms. The zero-order valence-corrected chi connectivity index (χ0v) is 12.4. The Hall–Kier alpha value is -1.97. The molecule has 0 aliphatic heterocycles. The van der Waals surface area contributed by atoms with Gasteiger partial charge in [0, 0.05) is 17.5 Å². The zero-order chi connectivity index (χ0) is 15.4. The van der Waals surface area contributed by atoms with Crippen molar-refractivity contribution in [2.24, 2.45) is 5.92 Å². The first kappa shape index (κ1) is 16.1. The highest BCUT2D eigenvalue weighted by Crippen LogP contribution is 2.39. The quantitative estimate of drug-likeness (QED) is 0.568. The molecule has 1 atom stereocenters. The number of aromatic hydroxyl groups is 3. The minimum absolute atomic E-state index is 0.102. The van der Waals surface area contributed by atoms with Crippen LogP contribution < -0.4 is 0 Å². The Balaban J connectivity index is 3.36. The standard InChI is InChI=1S/C16H22O4/c1-5-10(4)15(19)14-13(18)8-12(17)11(16(14)20)7-6-9(2)3/h6,8,10,17-18,20H,5,7H2,1-4H3/t10-/m1/s1. The highest BCUT2D eigenvalue weighted by Gasteiger charge is 2.25. The fraction of sp³-hybridized carbons (Fsp3) is 0.438. The van der Waals surface area contributed by atoms with Crippen LogP contribution in [0, 0.1) is 5.92 Å². The molecular weight excluding hydrogens is 256 g/mol. The van der Waals surface area contributed by atoms with E-state index in [4.69, 9.17) is 0 Å². The summed E-state index contributed by atoms with van der Waals surface area (Å²) in [6, 6.07) is 1.11. The van der Waals surface area contributed by atoms with Gasteiger partial charge in [-0.2, -0.15) is 0 Å². The van der Waals surface area contributed by atoms with Gasteiger partial charge in [-0.1, -0.05) is 25.5 Å². The minimum Gasteiger partial charge on any atom is -0.507 e. The molecule has 0 spiro atoms. The van der Waals surface area contributed by atoms with Crippen LogP contribution in [-0.4, -0.2) is 21.1 Å². The Bertz CT molecular complexity index is 540. The first-order chi connectivity index (χ1) is 9.29. The van der Waals surface area contributed by atoms with E-state index in [-0.39, 0.29) is 40.1 Å². The van der Waals surface area contributed by atoms with Crippen molar-refractivity contribution in [1.82, 2.24) is 0 Å². The van der Waals surface area contributed by atoms with Crippen LogP contribution in [0.25, 0.3) is 0 Å². The second-order valence-electron chi connectivity index (χ2n) is 5.28. The highest BCUT2D eigenvalue weighted by atomic mass is 16.3. The second kappa shape index (κ2) is 6.46. The minimum atomic E-state index is -0.383. The molecule has 0 saturated carbocycles. The molecule has 0 saturated heterocycles. The second-order valence-corrected chi connectivity index (χ2v) is 5.28. The van der Waals surface area contributed by atoms with E-state index < -0.39 is 0 Å². The summed E-state index contributed by atoms with van der Waals surface area (Å²) < 4.78 is 0. The van der Waals surface area contributed by atoms with Gasteiger partial charge < -0.3 is 15.3 Å². The molecule has 0 aliphatic rings. The first-order valence-corrected chi connectivity index (χ1v) is 6.73. The summed E-state index contributed by atoms with van der Waals surface area (Å²) in [6.45, 7) is 7.41. The summed E-state index contributed by atoms with van der Waals surface area (Å²) in [7, 11) is 0. The van der Waals surface area contributed by atoms with Crippen molar-refractivity contribution in [3.05, 3.63) is 28.8 Å². The molecule has 110 valence electrons. The number of hydrogen-bond donors (Lipinski definition) is 3. The van der Waals surface area contributed by atoms with E-state index in [1.807, 2.05) is 26.8 Å². The van der Waals surface area contributed by atoms with Crippen LogP contribution >= 0.6 is 0 Å². The monoisotopic (exact) mass is 278 g/mol. The lowest BCUT2D eigenvalue weighted by Gasteiger charge is -2.14. The van der Waals surface area contributed by atoms with Gasteiger partial charge in [-0.15, -0.1) is 0 Å². The largest absolute Gasteiger partial charge is 0.507 e. The lowest BCUT2D eigenvalue weighted by atomic mass is 9.93. The van der Waals surface area contributed by atoms with Crippen LogP contribution in [0.3, 0.4) is 0 Å². The Morgan fingerprint density at radius 3 is 2.35 bits per heavy atom. The molecule has 0 aromatic heterocycles. The lowest BCUT2D eigenvalue weighted by Crippen LogP contribution is -2.11. The lowest BCUT2D eigenvalue weighted by molar-refractivity contribution is 0.0921. The van der Waals surface area contributed by atoms with E-state index in [9.17, 15) is 20.1 Å². The molecule has 0 radical (unpaired) electrons. The molecule has 0 aliphatic carbocycles. The van der Waals surface area contributed by atoms with Gasteiger partial charge in [0.1, 0.15) is 22.8 Å². The maximum absolute atomic E-state index is 12.2. The van der Waals surface area contributed by atoms with Crippen LogP contribution in [0.5, 0.6) is 17.2 Å². The fourth-order valence-electron chi connectivity index (χ4n) is 1.86. The third-order valence-electron chi connectivity index (χ3n) is 3.38. The average molecular weight is 278 g/mol. The van der Waals surface area contributed by atoms with Crippen LogP contribution in [-0.2, 0) is 6.42 Å². The Morgan fingerprint density at radius 1 is 1.25 bits per heavy atom. The summed E-state index contributed by atoms with van der Waals surface area (Å²) in [5, 5.41) is 29.9. The molecule has 4 nitrogen and oxygen atoms in total. The topological polar surface area (TPSA) is 77.8 Å². The molecular formula is C16H22O4. The van der Waals surface area contributed by atoms with Crippen molar-refractivity contribution in [1.29, 1.82) is 0 Å². The van der Waals surface area contributed by atoms with Crippen LogP contribution in [0.1, 0.15) is 50.0 Å². The number of benzene rings is 1. The number of phenols is 3. The van der Waals surface area contributed by atoms with Crippen LogP contribution in [0.2, 0.25) is 0 Å². The molecule has 0 bridgehead atoms. The van der Waals surface area contributed by atoms with Crippen LogP contribution in [0.15, 0.2) is 17.7 Å². The van der Waals surface area contributed by atoms with Gasteiger partial charge in [0.15, 0.2) is 5.78 Å². The van der Waals surface area contributed by atoms with E-state index in [0.717, 1.165) is 11.6 Å². The van der Waals surface area contributed by atoms with E-state index >= 15 is 0 Å². The van der Waals surface area contributed by atoms with Crippen molar-refractivity contribution in [3.63, 3.8) is 0 Å². The van der Waals surface area contributed by atoms with Gasteiger partial charge in [0.25, 0.3) is 0 Å². The van der Waals surface area contributed by atoms with Crippen molar-refractivity contribution < 1.29 is 20.1 Å². The van der Waals surface area contributed by atoms with E-state index in [2.05, 4.69) is 0 Å². The highest BCUT2D eigenvalue weighted by molar-refractivity contribution is 6.03. The molecule has 3 N–H and O–H groups in total. The maximum atomic E-state index is 12.2. The van der Waals surface area contributed by atoms with Crippen molar-refractivity contribution in [2.45, 2.75) is 40.5 Å². The average Bonchev–Trinajstić information content (AvgIpc) is 2.36. The third kappa shape index (κ3) is 3.32. The molecule has 0 amide bonds. The molecule has 4 heteroatoms. The molecule has 1 rings (SSSR count). The number of allylic oxidation sites excluding steroid dienone is 2. The van der Waals surface area contributed by atoms with Crippen molar-refractivity contribution >= 4 is 5.78 Å².